The highest BCUT2D eigenvalue weighted by atomic mass is 32.2. The van der Waals surface area contributed by atoms with Crippen molar-refractivity contribution in [1.82, 2.24) is 0 Å². The third-order valence-corrected chi connectivity index (χ3v) is 5.94. The molecule has 2 N–H and O–H groups in total. The van der Waals surface area contributed by atoms with Crippen LogP contribution >= 0.6 is 0 Å². The Morgan fingerprint density at radius 1 is 1.31 bits per heavy atom. The Kier molecular flexibility index (Phi) is 5.78. The SMILES string of the molecule is O=[N+]([O-])c1cc(S(=O)(=O)C(F)(F)F)ccc1N1CCC(C(CO)CO)C1. The smallest absolute Gasteiger partial charge is 0.396 e. The van der Waals surface area contributed by atoms with Gasteiger partial charge in [0.2, 0.25) is 0 Å². The Bertz CT molecular complexity index is 779. The number of aliphatic hydroxyl groups is 2. The van der Waals surface area contributed by atoms with E-state index in [9.17, 15) is 41.9 Å². The lowest BCUT2D eigenvalue weighted by Crippen LogP contribution is -2.27. The zero-order valence-electron chi connectivity index (χ0n) is 13.4. The molecule has 1 aliphatic rings. The molecule has 0 bridgehead atoms. The van der Waals surface area contributed by atoms with Crippen molar-refractivity contribution in [3.63, 3.8) is 0 Å². The number of nitro groups is 1. The summed E-state index contributed by atoms with van der Waals surface area (Å²) in [7, 11) is -5.69. The summed E-state index contributed by atoms with van der Waals surface area (Å²) in [5, 5.41) is 29.7. The average Bonchev–Trinajstić information content (AvgIpc) is 3.04. The molecule has 0 saturated carbocycles. The second kappa shape index (κ2) is 7.37. The van der Waals surface area contributed by atoms with E-state index in [-0.39, 0.29) is 31.4 Å². The Balaban J connectivity index is 2.39. The molecule has 0 amide bonds. The van der Waals surface area contributed by atoms with Crippen LogP contribution in [0.3, 0.4) is 0 Å². The van der Waals surface area contributed by atoms with Gasteiger partial charge in [-0.2, -0.15) is 13.2 Å². The molecule has 0 aliphatic carbocycles. The topological polar surface area (TPSA) is 121 Å². The minimum atomic E-state index is -5.69. The third-order valence-electron chi connectivity index (χ3n) is 4.46. The highest BCUT2D eigenvalue weighted by Gasteiger charge is 2.47. The van der Waals surface area contributed by atoms with Gasteiger partial charge in [-0.25, -0.2) is 8.42 Å². The number of sulfone groups is 1. The zero-order chi connectivity index (χ0) is 19.7. The number of halogens is 3. The van der Waals surface area contributed by atoms with Gasteiger partial charge in [0.05, 0.1) is 9.82 Å². The molecule has 0 spiro atoms. The fourth-order valence-electron chi connectivity index (χ4n) is 2.96. The van der Waals surface area contributed by atoms with Crippen molar-refractivity contribution >= 4 is 21.2 Å². The fourth-order valence-corrected chi connectivity index (χ4v) is 3.75. The quantitative estimate of drug-likeness (QED) is 0.547. The number of alkyl halides is 3. The fraction of sp³-hybridized carbons (Fsp3) is 0.571. The van der Waals surface area contributed by atoms with Crippen molar-refractivity contribution in [2.45, 2.75) is 16.8 Å². The Hall–Kier alpha value is -1.92. The van der Waals surface area contributed by atoms with E-state index < -0.39 is 36.8 Å². The lowest BCUT2D eigenvalue weighted by molar-refractivity contribution is -0.384. The minimum Gasteiger partial charge on any atom is -0.396 e. The van der Waals surface area contributed by atoms with E-state index in [4.69, 9.17) is 0 Å². The van der Waals surface area contributed by atoms with Crippen LogP contribution in [0.15, 0.2) is 23.1 Å². The van der Waals surface area contributed by atoms with Gasteiger partial charge >= 0.3 is 5.51 Å². The molecule has 146 valence electrons. The summed E-state index contributed by atoms with van der Waals surface area (Å²) in [6.07, 6.45) is 0.519. The maximum atomic E-state index is 12.7. The monoisotopic (exact) mass is 398 g/mol. The van der Waals surface area contributed by atoms with Gasteiger partial charge in [-0.15, -0.1) is 0 Å². The van der Waals surface area contributed by atoms with Crippen LogP contribution in [0.5, 0.6) is 0 Å². The summed E-state index contributed by atoms with van der Waals surface area (Å²) in [5.41, 5.74) is -6.31. The molecule has 1 heterocycles. The van der Waals surface area contributed by atoms with Crippen LogP contribution in [0.4, 0.5) is 24.5 Å². The van der Waals surface area contributed by atoms with Crippen LogP contribution in [0, 0.1) is 22.0 Å². The van der Waals surface area contributed by atoms with E-state index >= 15 is 0 Å². The number of rotatable bonds is 6. The first-order chi connectivity index (χ1) is 12.0. The zero-order valence-corrected chi connectivity index (χ0v) is 14.2. The van der Waals surface area contributed by atoms with Crippen molar-refractivity contribution in [1.29, 1.82) is 0 Å². The molecular weight excluding hydrogens is 381 g/mol. The molecule has 1 unspecified atom stereocenters. The molecule has 26 heavy (non-hydrogen) atoms. The van der Waals surface area contributed by atoms with Crippen LogP contribution < -0.4 is 4.90 Å². The summed E-state index contributed by atoms with van der Waals surface area (Å²) >= 11 is 0. The molecule has 1 fully saturated rings. The molecule has 2 rings (SSSR count). The van der Waals surface area contributed by atoms with E-state index in [1.54, 1.807) is 0 Å². The molecule has 0 aromatic heterocycles. The predicted molar refractivity (Wildman–Crippen MR) is 84.3 cm³/mol. The van der Waals surface area contributed by atoms with Gasteiger partial charge in [0, 0.05) is 38.3 Å². The Morgan fingerprint density at radius 3 is 2.42 bits per heavy atom. The normalized spacial score (nSPS) is 18.5. The van der Waals surface area contributed by atoms with Crippen molar-refractivity contribution < 1.29 is 36.7 Å². The first-order valence-corrected chi connectivity index (χ1v) is 9.07. The highest BCUT2D eigenvalue weighted by Crippen LogP contribution is 2.38. The van der Waals surface area contributed by atoms with E-state index in [0.29, 0.717) is 25.1 Å². The number of nitrogens with zero attached hydrogens (tertiary/aromatic N) is 2. The van der Waals surface area contributed by atoms with Gasteiger partial charge in [-0.05, 0) is 24.5 Å². The summed E-state index contributed by atoms with van der Waals surface area (Å²) < 4.78 is 60.9. The number of hydrogen-bond donors (Lipinski definition) is 2. The van der Waals surface area contributed by atoms with E-state index in [0.717, 1.165) is 6.07 Å². The van der Waals surface area contributed by atoms with E-state index in [2.05, 4.69) is 0 Å². The Morgan fingerprint density at radius 2 is 1.92 bits per heavy atom. The van der Waals surface area contributed by atoms with Gasteiger partial charge in [0.1, 0.15) is 5.69 Å². The molecule has 12 heteroatoms. The molecule has 1 atom stereocenters. The summed E-state index contributed by atoms with van der Waals surface area (Å²) in [6.45, 7) is 0.0467. The average molecular weight is 398 g/mol. The number of hydrogen-bond acceptors (Lipinski definition) is 7. The molecule has 1 saturated heterocycles. The van der Waals surface area contributed by atoms with Crippen LogP contribution in [0.1, 0.15) is 6.42 Å². The van der Waals surface area contributed by atoms with Gasteiger partial charge in [-0.3, -0.25) is 10.1 Å². The second-order valence-electron chi connectivity index (χ2n) is 5.98. The standard InChI is InChI=1S/C14H17F3N2O6S/c15-14(16,17)26(24,25)11-1-2-12(13(5-11)19(22)23)18-4-3-9(6-18)10(7-20)8-21/h1-2,5,9-10,20-21H,3-4,6-8H2. The first kappa shape index (κ1) is 20.4. The summed E-state index contributed by atoms with van der Waals surface area (Å²) in [5.74, 6) is -0.563. The van der Waals surface area contributed by atoms with Crippen LogP contribution in [0.25, 0.3) is 0 Å². The minimum absolute atomic E-state index is 0.00625. The van der Waals surface area contributed by atoms with Gasteiger partial charge in [-0.1, -0.05) is 0 Å². The molecule has 1 aromatic rings. The van der Waals surface area contributed by atoms with E-state index in [1.165, 1.54) is 4.90 Å². The molecule has 8 nitrogen and oxygen atoms in total. The van der Waals surface area contributed by atoms with Gasteiger partial charge in [0.25, 0.3) is 15.5 Å². The van der Waals surface area contributed by atoms with Crippen molar-refractivity contribution in [3.05, 3.63) is 28.3 Å². The molecule has 1 aliphatic heterocycles. The van der Waals surface area contributed by atoms with Crippen molar-refractivity contribution in [2.24, 2.45) is 11.8 Å². The number of anilines is 1. The summed E-state index contributed by atoms with van der Waals surface area (Å²) in [4.78, 5) is 10.7. The van der Waals surface area contributed by atoms with Crippen molar-refractivity contribution in [3.8, 4) is 0 Å². The second-order valence-corrected chi connectivity index (χ2v) is 7.92. The van der Waals surface area contributed by atoms with Crippen molar-refractivity contribution in [2.75, 3.05) is 31.2 Å². The van der Waals surface area contributed by atoms with Gasteiger partial charge in [0.15, 0.2) is 0 Å². The van der Waals surface area contributed by atoms with Crippen LogP contribution in [-0.2, 0) is 9.84 Å². The van der Waals surface area contributed by atoms with E-state index in [1.807, 2.05) is 0 Å². The van der Waals surface area contributed by atoms with Crippen LogP contribution in [-0.4, -0.2) is 55.4 Å². The highest BCUT2D eigenvalue weighted by molar-refractivity contribution is 7.92. The number of benzene rings is 1. The Labute approximate surface area is 146 Å². The maximum absolute atomic E-state index is 12.7. The third kappa shape index (κ3) is 3.76. The maximum Gasteiger partial charge on any atom is 0.501 e. The number of nitro benzene ring substituents is 1. The largest absolute Gasteiger partial charge is 0.501 e. The molecule has 0 radical (unpaired) electrons. The lowest BCUT2D eigenvalue weighted by Gasteiger charge is -2.22. The molecule has 1 aromatic carbocycles. The lowest BCUT2D eigenvalue weighted by atomic mass is 9.93. The summed E-state index contributed by atoms with van der Waals surface area (Å²) in [6, 6.07) is 2.07. The molecular formula is C14H17F3N2O6S. The van der Waals surface area contributed by atoms with Crippen LogP contribution in [0.2, 0.25) is 0 Å². The first-order valence-electron chi connectivity index (χ1n) is 7.59. The predicted octanol–water partition coefficient (Wildman–Crippen LogP) is 1.32. The number of aliphatic hydroxyl groups excluding tert-OH is 2. The van der Waals surface area contributed by atoms with Gasteiger partial charge < -0.3 is 15.1 Å².